The smallest absolute Gasteiger partial charge is 0.255 e. The molecule has 0 spiro atoms. The minimum absolute atomic E-state index is 0.0887. The number of benzene rings is 2. The molecule has 1 aliphatic rings. The van der Waals surface area contributed by atoms with E-state index in [9.17, 15) is 9.59 Å². The average molecular weight is 369 g/mol. The number of amides is 2. The molecule has 3 rings (SSSR count). The molecule has 0 aliphatic carbocycles. The van der Waals surface area contributed by atoms with Crippen LogP contribution < -0.4 is 20.1 Å². The van der Waals surface area contributed by atoms with Crippen molar-refractivity contribution in [3.05, 3.63) is 53.6 Å². The Bertz CT molecular complexity index is 836. The number of rotatable bonds is 6. The zero-order chi connectivity index (χ0) is 19.2. The number of nitrogens with one attached hydrogen (secondary N) is 2. The van der Waals surface area contributed by atoms with Gasteiger partial charge in [-0.15, -0.1) is 0 Å². The number of likely N-dealkylation sites (N-methyl/N-ethyl adjacent to an activating group) is 1. The molecule has 2 amide bonds. The third kappa shape index (κ3) is 4.98. The molecule has 2 N–H and O–H groups in total. The highest BCUT2D eigenvalue weighted by atomic mass is 16.6. The summed E-state index contributed by atoms with van der Waals surface area (Å²) in [5, 5.41) is 5.73. The number of carbonyl (C=O) groups excluding carboxylic acids is 2. The summed E-state index contributed by atoms with van der Waals surface area (Å²) >= 11 is 0. The Balaban J connectivity index is 1.63. The van der Waals surface area contributed by atoms with Crippen LogP contribution in [0.2, 0.25) is 0 Å². The van der Waals surface area contributed by atoms with Gasteiger partial charge in [0.05, 0.1) is 12.1 Å². The number of anilines is 1. The number of ether oxygens (including phenoxy) is 2. The van der Waals surface area contributed by atoms with Crippen LogP contribution >= 0.6 is 0 Å². The summed E-state index contributed by atoms with van der Waals surface area (Å²) in [5.41, 5.74) is 2.03. The Morgan fingerprint density at radius 2 is 1.85 bits per heavy atom. The van der Waals surface area contributed by atoms with Gasteiger partial charge in [0, 0.05) is 12.2 Å². The van der Waals surface area contributed by atoms with Crippen molar-refractivity contribution in [1.82, 2.24) is 10.2 Å². The second-order valence-corrected chi connectivity index (χ2v) is 6.50. The van der Waals surface area contributed by atoms with Crippen LogP contribution in [-0.4, -0.2) is 50.6 Å². The molecule has 142 valence electrons. The minimum Gasteiger partial charge on any atom is -0.486 e. The predicted molar refractivity (Wildman–Crippen MR) is 102 cm³/mol. The van der Waals surface area contributed by atoms with E-state index in [-0.39, 0.29) is 11.8 Å². The highest BCUT2D eigenvalue weighted by Gasteiger charge is 2.20. The van der Waals surface area contributed by atoms with Crippen LogP contribution in [0.4, 0.5) is 5.69 Å². The van der Waals surface area contributed by atoms with Crippen molar-refractivity contribution in [3.63, 3.8) is 0 Å². The summed E-state index contributed by atoms with van der Waals surface area (Å²) in [7, 11) is 3.67. The fraction of sp³-hybridized carbons (Fsp3) is 0.300. The quantitative estimate of drug-likeness (QED) is 0.813. The van der Waals surface area contributed by atoms with Gasteiger partial charge in [0.2, 0.25) is 5.91 Å². The summed E-state index contributed by atoms with van der Waals surface area (Å²) < 4.78 is 11.1. The molecule has 0 aromatic heterocycles. The second kappa shape index (κ2) is 8.55. The van der Waals surface area contributed by atoms with E-state index in [4.69, 9.17) is 9.47 Å². The molecule has 0 radical (unpaired) electrons. The first-order valence-corrected chi connectivity index (χ1v) is 8.73. The van der Waals surface area contributed by atoms with E-state index in [0.717, 1.165) is 5.56 Å². The highest BCUT2D eigenvalue weighted by Crippen LogP contribution is 2.33. The molecular formula is C20H23N3O4. The number of nitrogens with zero attached hydrogens (tertiary/aromatic N) is 1. The lowest BCUT2D eigenvalue weighted by molar-refractivity contribution is -0.116. The molecule has 1 aliphatic heterocycles. The Morgan fingerprint density at radius 1 is 1.07 bits per heavy atom. The topological polar surface area (TPSA) is 79.9 Å². The molecule has 7 heteroatoms. The van der Waals surface area contributed by atoms with Crippen LogP contribution in [0.1, 0.15) is 15.9 Å². The van der Waals surface area contributed by atoms with Crippen molar-refractivity contribution in [3.8, 4) is 11.5 Å². The van der Waals surface area contributed by atoms with E-state index in [1.807, 2.05) is 38.4 Å². The minimum atomic E-state index is -0.237. The molecule has 0 atom stereocenters. The molecule has 2 aromatic rings. The maximum absolute atomic E-state index is 12.6. The highest BCUT2D eigenvalue weighted by molar-refractivity contribution is 5.98. The van der Waals surface area contributed by atoms with Gasteiger partial charge >= 0.3 is 0 Å². The van der Waals surface area contributed by atoms with E-state index >= 15 is 0 Å². The SMILES string of the molecule is CN(C)CC(=O)Nc1cccc(CNC(=O)c2cccc3c2OCCO3)c1. The van der Waals surface area contributed by atoms with Gasteiger partial charge in [0.15, 0.2) is 11.5 Å². The van der Waals surface area contributed by atoms with Gasteiger partial charge in [-0.05, 0) is 43.9 Å². The number of para-hydroxylation sites is 1. The van der Waals surface area contributed by atoms with Gasteiger partial charge in [-0.25, -0.2) is 0 Å². The fourth-order valence-corrected chi connectivity index (χ4v) is 2.78. The monoisotopic (exact) mass is 369 g/mol. The molecule has 0 unspecified atom stereocenters. The van der Waals surface area contributed by atoms with Gasteiger partial charge in [0.1, 0.15) is 13.2 Å². The Labute approximate surface area is 158 Å². The van der Waals surface area contributed by atoms with Crippen LogP contribution in [0.5, 0.6) is 11.5 Å². The summed E-state index contributed by atoms with van der Waals surface area (Å²) in [6.45, 7) is 1.54. The maximum Gasteiger partial charge on any atom is 0.255 e. The maximum atomic E-state index is 12.6. The van der Waals surface area contributed by atoms with E-state index < -0.39 is 0 Å². The summed E-state index contributed by atoms with van der Waals surface area (Å²) in [4.78, 5) is 26.2. The Morgan fingerprint density at radius 3 is 2.67 bits per heavy atom. The van der Waals surface area contributed by atoms with Gasteiger partial charge in [-0.2, -0.15) is 0 Å². The molecular weight excluding hydrogens is 346 g/mol. The van der Waals surface area contributed by atoms with E-state index in [1.165, 1.54) is 0 Å². The van der Waals surface area contributed by atoms with Crippen LogP contribution in [-0.2, 0) is 11.3 Å². The molecule has 1 heterocycles. The van der Waals surface area contributed by atoms with Crippen LogP contribution in [0.15, 0.2) is 42.5 Å². The zero-order valence-electron chi connectivity index (χ0n) is 15.5. The lowest BCUT2D eigenvalue weighted by Gasteiger charge is -2.20. The summed E-state index contributed by atoms with van der Waals surface area (Å²) in [5.74, 6) is 0.735. The number of carbonyl (C=O) groups is 2. The Hall–Kier alpha value is -3.06. The van der Waals surface area contributed by atoms with Gasteiger partial charge < -0.3 is 25.0 Å². The van der Waals surface area contributed by atoms with Crippen molar-refractivity contribution >= 4 is 17.5 Å². The first-order chi connectivity index (χ1) is 13.0. The van der Waals surface area contributed by atoms with Crippen LogP contribution in [0, 0.1) is 0 Å². The van der Waals surface area contributed by atoms with Gasteiger partial charge in [0.25, 0.3) is 5.91 Å². The number of hydrogen-bond donors (Lipinski definition) is 2. The van der Waals surface area contributed by atoms with Gasteiger partial charge in [-0.3, -0.25) is 9.59 Å². The van der Waals surface area contributed by atoms with E-state index in [2.05, 4.69) is 10.6 Å². The summed E-state index contributed by atoms with van der Waals surface area (Å²) in [6.07, 6.45) is 0. The molecule has 0 saturated heterocycles. The zero-order valence-corrected chi connectivity index (χ0v) is 15.5. The largest absolute Gasteiger partial charge is 0.486 e. The molecule has 27 heavy (non-hydrogen) atoms. The lowest BCUT2D eigenvalue weighted by Crippen LogP contribution is -2.27. The first kappa shape index (κ1) is 18.7. The molecule has 0 saturated carbocycles. The standard InChI is InChI=1S/C20H23N3O4/c1-23(2)13-18(24)22-15-6-3-5-14(11-15)12-21-20(25)16-7-4-8-17-19(16)27-10-9-26-17/h3-8,11H,9-10,12-13H2,1-2H3,(H,21,25)(H,22,24). The molecule has 2 aromatic carbocycles. The number of hydrogen-bond acceptors (Lipinski definition) is 5. The normalized spacial score (nSPS) is 12.6. The molecule has 7 nitrogen and oxygen atoms in total. The van der Waals surface area contributed by atoms with E-state index in [1.54, 1.807) is 23.1 Å². The third-order valence-electron chi connectivity index (χ3n) is 3.93. The van der Waals surface area contributed by atoms with Gasteiger partial charge in [-0.1, -0.05) is 18.2 Å². The van der Waals surface area contributed by atoms with E-state index in [0.29, 0.717) is 49.1 Å². The second-order valence-electron chi connectivity index (χ2n) is 6.50. The van der Waals surface area contributed by atoms with Crippen molar-refractivity contribution in [1.29, 1.82) is 0 Å². The predicted octanol–water partition coefficient (Wildman–Crippen LogP) is 1.89. The average Bonchev–Trinajstić information content (AvgIpc) is 2.65. The molecule has 0 bridgehead atoms. The summed E-state index contributed by atoms with van der Waals surface area (Å²) in [6, 6.07) is 12.6. The Kier molecular flexibility index (Phi) is 5.93. The van der Waals surface area contributed by atoms with Crippen LogP contribution in [0.25, 0.3) is 0 Å². The van der Waals surface area contributed by atoms with Crippen LogP contribution in [0.3, 0.4) is 0 Å². The van der Waals surface area contributed by atoms with Crippen molar-refractivity contribution in [2.24, 2.45) is 0 Å². The molecule has 0 fully saturated rings. The number of fused-ring (bicyclic) bond motifs is 1. The lowest BCUT2D eigenvalue weighted by atomic mass is 10.1. The first-order valence-electron chi connectivity index (χ1n) is 8.73. The fourth-order valence-electron chi connectivity index (χ4n) is 2.78. The van der Waals surface area contributed by atoms with Crippen molar-refractivity contribution in [2.45, 2.75) is 6.54 Å². The van der Waals surface area contributed by atoms with Crippen molar-refractivity contribution in [2.75, 3.05) is 39.2 Å². The van der Waals surface area contributed by atoms with Crippen molar-refractivity contribution < 1.29 is 19.1 Å². The third-order valence-corrected chi connectivity index (χ3v) is 3.93.